The smallest absolute Gasteiger partial charge is 0.372 e. The van der Waals surface area contributed by atoms with Crippen LogP contribution in [-0.4, -0.2) is 18.3 Å². The quantitative estimate of drug-likeness (QED) is 0.352. The van der Waals surface area contributed by atoms with Gasteiger partial charge in [-0.25, -0.2) is 10.2 Å². The zero-order valence-corrected chi connectivity index (χ0v) is 15.7. The van der Waals surface area contributed by atoms with Crippen molar-refractivity contribution < 1.29 is 24.4 Å². The molecule has 0 aliphatic heterocycles. The summed E-state index contributed by atoms with van der Waals surface area (Å²) in [6, 6.07) is 23.9. The second-order valence-electron chi connectivity index (χ2n) is 6.15. The molecule has 0 saturated heterocycles. The lowest BCUT2D eigenvalue weighted by Crippen LogP contribution is -2.42. The van der Waals surface area contributed by atoms with E-state index in [0.717, 1.165) is 17.5 Å². The molecule has 146 valence electrons. The van der Waals surface area contributed by atoms with E-state index in [4.69, 9.17) is 25.0 Å². The van der Waals surface area contributed by atoms with Gasteiger partial charge in [0.2, 0.25) is 0 Å². The first-order valence-electron chi connectivity index (χ1n) is 8.97. The van der Waals surface area contributed by atoms with E-state index in [-0.39, 0.29) is 18.1 Å². The number of nitrogens with two attached hydrogens (primary N) is 1. The number of hydrogen-bond acceptors (Lipinski definition) is 5. The SMILES string of the molecule is N=COC(=[NH2+])c1ccc(OCc2ccccc2)c(C(=O)OCc2ccccc2)c1. The summed E-state index contributed by atoms with van der Waals surface area (Å²) in [6.45, 7) is 0.438. The summed E-state index contributed by atoms with van der Waals surface area (Å²) in [6.07, 6.45) is 0.725. The Morgan fingerprint density at radius 1 is 0.897 bits per heavy atom. The van der Waals surface area contributed by atoms with E-state index in [9.17, 15) is 4.79 Å². The number of esters is 1. The molecule has 0 atom stereocenters. The highest BCUT2D eigenvalue weighted by atomic mass is 16.5. The number of hydrogen-bond donors (Lipinski definition) is 2. The monoisotopic (exact) mass is 389 g/mol. The molecule has 3 rings (SSSR count). The Bertz CT molecular complexity index is 988. The Hall–Kier alpha value is -3.93. The van der Waals surface area contributed by atoms with E-state index in [1.807, 2.05) is 60.7 Å². The third-order valence-corrected chi connectivity index (χ3v) is 4.12. The number of nitrogens with one attached hydrogen (secondary N) is 1. The Morgan fingerprint density at radius 2 is 1.52 bits per heavy atom. The fourth-order valence-corrected chi connectivity index (χ4v) is 2.64. The van der Waals surface area contributed by atoms with E-state index in [1.54, 1.807) is 12.1 Å². The third kappa shape index (κ3) is 5.52. The highest BCUT2D eigenvalue weighted by Crippen LogP contribution is 2.23. The van der Waals surface area contributed by atoms with Crippen molar-refractivity contribution in [3.63, 3.8) is 0 Å². The molecule has 0 aromatic heterocycles. The predicted molar refractivity (Wildman–Crippen MR) is 109 cm³/mol. The summed E-state index contributed by atoms with van der Waals surface area (Å²) in [7, 11) is 0. The summed E-state index contributed by atoms with van der Waals surface area (Å²) >= 11 is 0. The number of ether oxygens (including phenoxy) is 3. The lowest BCUT2D eigenvalue weighted by Gasteiger charge is -2.12. The van der Waals surface area contributed by atoms with E-state index in [2.05, 4.69) is 0 Å². The van der Waals surface area contributed by atoms with Gasteiger partial charge in [0.25, 0.3) is 0 Å². The first-order chi connectivity index (χ1) is 14.2. The van der Waals surface area contributed by atoms with E-state index >= 15 is 0 Å². The van der Waals surface area contributed by atoms with Crippen molar-refractivity contribution in [3.05, 3.63) is 101 Å². The highest BCUT2D eigenvalue weighted by Gasteiger charge is 2.19. The van der Waals surface area contributed by atoms with Crippen LogP contribution in [0.2, 0.25) is 0 Å². The maximum Gasteiger partial charge on any atom is 0.372 e. The molecule has 0 heterocycles. The molecule has 3 N–H and O–H groups in total. The van der Waals surface area contributed by atoms with Gasteiger partial charge in [0.15, 0.2) is 6.40 Å². The van der Waals surface area contributed by atoms with Crippen LogP contribution >= 0.6 is 0 Å². The van der Waals surface area contributed by atoms with Crippen LogP contribution in [0.3, 0.4) is 0 Å². The molecule has 0 radical (unpaired) electrons. The van der Waals surface area contributed by atoms with Gasteiger partial charge in [0, 0.05) is 0 Å². The molecule has 0 amide bonds. The van der Waals surface area contributed by atoms with Crippen LogP contribution in [0, 0.1) is 5.41 Å². The minimum Gasteiger partial charge on any atom is -0.488 e. The van der Waals surface area contributed by atoms with Crippen LogP contribution in [0.5, 0.6) is 5.75 Å². The predicted octanol–water partition coefficient (Wildman–Crippen LogP) is 2.75. The van der Waals surface area contributed by atoms with Gasteiger partial charge in [0.1, 0.15) is 24.5 Å². The fraction of sp³-hybridized carbons (Fsp3) is 0.0870. The number of rotatable bonds is 8. The van der Waals surface area contributed by atoms with Gasteiger partial charge >= 0.3 is 11.9 Å². The third-order valence-electron chi connectivity index (χ3n) is 4.12. The molecule has 0 saturated carbocycles. The molecule has 0 aliphatic carbocycles. The second-order valence-corrected chi connectivity index (χ2v) is 6.15. The maximum atomic E-state index is 12.7. The number of carbonyl (C=O) groups excluding carboxylic acids is 1. The van der Waals surface area contributed by atoms with E-state index in [1.165, 1.54) is 6.07 Å². The van der Waals surface area contributed by atoms with Gasteiger partial charge in [-0.05, 0) is 29.3 Å². The van der Waals surface area contributed by atoms with Crippen molar-refractivity contribution in [2.45, 2.75) is 13.2 Å². The summed E-state index contributed by atoms with van der Waals surface area (Å²) < 4.78 is 16.2. The van der Waals surface area contributed by atoms with Gasteiger partial charge < -0.3 is 14.2 Å². The fourth-order valence-electron chi connectivity index (χ4n) is 2.64. The molecule has 29 heavy (non-hydrogen) atoms. The normalized spacial score (nSPS) is 10.1. The average Bonchev–Trinajstić information content (AvgIpc) is 2.77. The van der Waals surface area contributed by atoms with Crippen molar-refractivity contribution in [2.75, 3.05) is 0 Å². The van der Waals surface area contributed by atoms with Crippen LogP contribution in [0.25, 0.3) is 0 Å². The van der Waals surface area contributed by atoms with Gasteiger partial charge in [-0.15, -0.1) is 0 Å². The van der Waals surface area contributed by atoms with Gasteiger partial charge in [-0.2, -0.15) is 0 Å². The molecule has 6 heteroatoms. The van der Waals surface area contributed by atoms with Crippen LogP contribution in [-0.2, 0) is 22.7 Å². The van der Waals surface area contributed by atoms with Gasteiger partial charge in [-0.3, -0.25) is 5.41 Å². The van der Waals surface area contributed by atoms with Gasteiger partial charge in [0.05, 0.1) is 5.56 Å². The van der Waals surface area contributed by atoms with Crippen molar-refractivity contribution in [1.82, 2.24) is 0 Å². The molecule has 3 aromatic carbocycles. The molecule has 0 spiro atoms. The lowest BCUT2D eigenvalue weighted by atomic mass is 10.1. The summed E-state index contributed by atoms with van der Waals surface area (Å²) in [5.41, 5.74) is 2.53. The molecular formula is C23H21N2O4+. The zero-order chi connectivity index (χ0) is 20.5. The average molecular weight is 389 g/mol. The van der Waals surface area contributed by atoms with Crippen molar-refractivity contribution in [1.29, 1.82) is 5.41 Å². The van der Waals surface area contributed by atoms with Crippen LogP contribution in [0.15, 0.2) is 78.9 Å². The highest BCUT2D eigenvalue weighted by molar-refractivity contribution is 5.98. The summed E-state index contributed by atoms with van der Waals surface area (Å²) in [5.74, 6) is -0.161. The molecule has 0 aliphatic rings. The van der Waals surface area contributed by atoms with E-state index < -0.39 is 5.97 Å². The Labute approximate surface area is 168 Å². The molecule has 6 nitrogen and oxygen atoms in total. The second kappa shape index (κ2) is 9.85. The standard InChI is InChI=1S/C23H20N2O4/c24-16-29-22(25)19-11-12-21(27-14-17-7-3-1-4-8-17)20(13-19)23(26)28-15-18-9-5-2-6-10-18/h1-13,16,24-25H,14-15H2/p+1. The molecule has 0 fully saturated rings. The zero-order valence-electron chi connectivity index (χ0n) is 15.7. The maximum absolute atomic E-state index is 12.7. The molecule has 0 bridgehead atoms. The Balaban J connectivity index is 1.81. The first kappa shape index (κ1) is 19.8. The van der Waals surface area contributed by atoms with Crippen molar-refractivity contribution >= 4 is 18.3 Å². The minimum absolute atomic E-state index is 0.00622. The van der Waals surface area contributed by atoms with E-state index in [0.29, 0.717) is 17.9 Å². The Morgan fingerprint density at radius 3 is 2.14 bits per heavy atom. The van der Waals surface area contributed by atoms with Crippen LogP contribution in [0.1, 0.15) is 27.0 Å². The summed E-state index contributed by atoms with van der Waals surface area (Å²) in [5, 5.41) is 12.8. The largest absolute Gasteiger partial charge is 0.488 e. The first-order valence-corrected chi connectivity index (χ1v) is 8.97. The minimum atomic E-state index is -0.540. The molecule has 0 unspecified atom stereocenters. The summed E-state index contributed by atoms with van der Waals surface area (Å²) in [4.78, 5) is 12.7. The number of benzene rings is 3. The van der Waals surface area contributed by atoms with Gasteiger partial charge in [-0.1, -0.05) is 60.7 Å². The van der Waals surface area contributed by atoms with Crippen molar-refractivity contribution in [3.8, 4) is 5.75 Å². The lowest BCUT2D eigenvalue weighted by molar-refractivity contribution is -0.130. The van der Waals surface area contributed by atoms with Crippen LogP contribution < -0.4 is 10.1 Å². The Kier molecular flexibility index (Phi) is 6.73. The van der Waals surface area contributed by atoms with Crippen molar-refractivity contribution in [2.24, 2.45) is 0 Å². The number of carbonyl (C=O) groups is 1. The topological polar surface area (TPSA) is 94.2 Å². The molecular weight excluding hydrogens is 368 g/mol. The van der Waals surface area contributed by atoms with Crippen LogP contribution in [0.4, 0.5) is 0 Å². The molecule has 3 aromatic rings.